The van der Waals surface area contributed by atoms with Gasteiger partial charge in [0.1, 0.15) is 0 Å². The van der Waals surface area contributed by atoms with Crippen molar-refractivity contribution in [3.8, 4) is 0 Å². The molecule has 0 amide bonds. The van der Waals surface area contributed by atoms with Gasteiger partial charge in [-0.05, 0) is 62.3 Å². The topological polar surface area (TPSA) is 255 Å². The van der Waals surface area contributed by atoms with Gasteiger partial charge in [-0.15, -0.1) is 0 Å². The predicted molar refractivity (Wildman–Crippen MR) is 163 cm³/mol. The molecular formula is C27H63O16P. The van der Waals surface area contributed by atoms with Crippen molar-refractivity contribution in [3.05, 3.63) is 0 Å². The third-order valence-electron chi connectivity index (χ3n) is 4.48. The number of hydrogen-bond acceptors (Lipinski definition) is 13. The minimum atomic E-state index is -4.64. The Kier molecular flexibility index (Phi) is 37.4. The molecule has 9 N–H and O–H groups in total. The van der Waals surface area contributed by atoms with Gasteiger partial charge in [0.15, 0.2) is 0 Å². The van der Waals surface area contributed by atoms with Gasteiger partial charge in [-0.1, -0.05) is 0 Å². The van der Waals surface area contributed by atoms with E-state index in [4.69, 9.17) is 78.3 Å². The Morgan fingerprint density at radius 3 is 0.705 bits per heavy atom. The van der Waals surface area contributed by atoms with Crippen molar-refractivity contribution in [1.82, 2.24) is 0 Å². The smallest absolute Gasteiger partial charge is 0.394 e. The summed E-state index contributed by atoms with van der Waals surface area (Å²) in [6.45, 7) is 18.3. The molecule has 0 aliphatic rings. The highest BCUT2D eigenvalue weighted by molar-refractivity contribution is 7.45. The quantitative estimate of drug-likeness (QED) is 0.0701. The van der Waals surface area contributed by atoms with E-state index in [-0.39, 0.29) is 56.4 Å². The molecule has 0 bridgehead atoms. The third-order valence-corrected chi connectivity index (χ3v) is 4.48. The van der Waals surface area contributed by atoms with Crippen LogP contribution in [0.4, 0.5) is 0 Å². The van der Waals surface area contributed by atoms with E-state index in [1.807, 2.05) is 20.8 Å². The molecule has 0 aliphatic heterocycles. The van der Waals surface area contributed by atoms with Crippen LogP contribution in [0.1, 0.15) is 62.3 Å². The van der Waals surface area contributed by atoms with E-state index >= 15 is 0 Å². The fourth-order valence-corrected chi connectivity index (χ4v) is 2.11. The van der Waals surface area contributed by atoms with Gasteiger partial charge in [-0.25, -0.2) is 4.57 Å². The molecule has 9 atom stereocenters. The van der Waals surface area contributed by atoms with E-state index in [1.54, 1.807) is 41.5 Å². The number of phosphoric acid groups is 1. The van der Waals surface area contributed by atoms with Crippen molar-refractivity contribution in [2.24, 2.45) is 0 Å². The zero-order valence-electron chi connectivity index (χ0n) is 27.9. The number of rotatable bonds is 21. The number of aliphatic hydroxyl groups is 6. The van der Waals surface area contributed by atoms with Gasteiger partial charge in [0.05, 0.1) is 114 Å². The molecule has 16 nitrogen and oxygen atoms in total. The van der Waals surface area contributed by atoms with E-state index in [0.717, 1.165) is 0 Å². The number of ether oxygens (including phenoxy) is 6. The summed E-state index contributed by atoms with van der Waals surface area (Å²) in [7, 11) is -4.64. The fourth-order valence-electron chi connectivity index (χ4n) is 2.11. The average Bonchev–Trinajstić information content (AvgIpc) is 2.93. The Balaban J connectivity index is -0.000000253. The van der Waals surface area contributed by atoms with Crippen LogP contribution in [0.25, 0.3) is 0 Å². The van der Waals surface area contributed by atoms with Gasteiger partial charge in [-0.3, -0.25) is 0 Å². The van der Waals surface area contributed by atoms with Crippen molar-refractivity contribution in [2.75, 3.05) is 59.5 Å². The van der Waals surface area contributed by atoms with Crippen LogP contribution >= 0.6 is 7.82 Å². The molecule has 0 fully saturated rings. The summed E-state index contributed by atoms with van der Waals surface area (Å²) in [5.74, 6) is 0. The SMILES string of the molecule is CC(O)COC(C)COC(C)CO.CC(O)COC(C)COC(C)CO.CC(O)COC(C)COC(C)CO.O=P(O)(O)O. The van der Waals surface area contributed by atoms with Crippen LogP contribution in [0.3, 0.4) is 0 Å². The first-order valence-corrected chi connectivity index (χ1v) is 16.1. The lowest BCUT2D eigenvalue weighted by atomic mass is 10.4. The molecular weight excluding hydrogens is 611 g/mol. The molecule has 0 aromatic heterocycles. The van der Waals surface area contributed by atoms with Crippen LogP contribution in [-0.4, -0.2) is 160 Å². The summed E-state index contributed by atoms with van der Waals surface area (Å²) in [6, 6.07) is 0. The monoisotopic (exact) mass is 674 g/mol. The summed E-state index contributed by atoms with van der Waals surface area (Å²) in [5, 5.41) is 52.7. The summed E-state index contributed by atoms with van der Waals surface area (Å²) in [4.78, 5) is 21.6. The van der Waals surface area contributed by atoms with E-state index in [9.17, 15) is 0 Å². The lowest BCUT2D eigenvalue weighted by Gasteiger charge is -2.16. The third kappa shape index (κ3) is 54.1. The van der Waals surface area contributed by atoms with Crippen LogP contribution in [-0.2, 0) is 33.0 Å². The average molecular weight is 675 g/mol. The second kappa shape index (κ2) is 32.6. The van der Waals surface area contributed by atoms with Crippen molar-refractivity contribution in [3.63, 3.8) is 0 Å². The Bertz CT molecular complexity index is 548. The first kappa shape index (κ1) is 50.5. The van der Waals surface area contributed by atoms with Crippen molar-refractivity contribution in [1.29, 1.82) is 0 Å². The maximum atomic E-state index is 8.92. The lowest BCUT2D eigenvalue weighted by Crippen LogP contribution is -2.24. The Hall–Kier alpha value is -0.370. The molecule has 17 heteroatoms. The minimum absolute atomic E-state index is 0.0170. The number of aliphatic hydroxyl groups excluding tert-OH is 6. The van der Waals surface area contributed by atoms with Crippen LogP contribution < -0.4 is 0 Å². The summed E-state index contributed by atoms with van der Waals surface area (Å²) in [6.07, 6.45) is -1.96. The van der Waals surface area contributed by atoms with Crippen LogP contribution in [0, 0.1) is 0 Å². The molecule has 0 heterocycles. The highest BCUT2D eigenvalue weighted by atomic mass is 31.2. The normalized spacial score (nSPS) is 17.5. The van der Waals surface area contributed by atoms with Gasteiger partial charge >= 0.3 is 7.82 Å². The Morgan fingerprint density at radius 2 is 0.568 bits per heavy atom. The predicted octanol–water partition coefficient (Wildman–Crippen LogP) is -0.419. The van der Waals surface area contributed by atoms with E-state index < -0.39 is 26.1 Å². The molecule has 0 saturated carbocycles. The Labute approximate surface area is 263 Å². The molecule has 0 saturated heterocycles. The first-order valence-electron chi connectivity index (χ1n) is 14.5. The maximum Gasteiger partial charge on any atom is 0.466 e. The largest absolute Gasteiger partial charge is 0.466 e. The molecule has 0 aromatic rings. The molecule has 44 heavy (non-hydrogen) atoms. The standard InChI is InChI=1S/3C9H20O4.H3O4P/c3*1-7(11)5-12-9(3)6-13-8(2)4-10;1-5(2,3)4/h3*7-11H,4-6H2,1-3H3;(H3,1,2,3,4). The van der Waals surface area contributed by atoms with Gasteiger partial charge in [-0.2, -0.15) is 0 Å². The van der Waals surface area contributed by atoms with E-state index in [1.165, 1.54) is 0 Å². The lowest BCUT2D eigenvalue weighted by molar-refractivity contribution is -0.0620. The van der Waals surface area contributed by atoms with Crippen LogP contribution in [0.2, 0.25) is 0 Å². The molecule has 0 radical (unpaired) electrons. The molecule has 0 spiro atoms. The van der Waals surface area contributed by atoms with E-state index in [0.29, 0.717) is 39.6 Å². The van der Waals surface area contributed by atoms with Gasteiger partial charge in [0.25, 0.3) is 0 Å². The molecule has 0 rings (SSSR count). The number of hydrogen-bond donors (Lipinski definition) is 9. The molecule has 272 valence electrons. The Morgan fingerprint density at radius 1 is 0.409 bits per heavy atom. The molecule has 9 unspecified atom stereocenters. The fraction of sp³-hybridized carbons (Fsp3) is 1.00. The molecule has 0 aromatic carbocycles. The zero-order chi connectivity index (χ0) is 35.3. The second-order valence-electron chi connectivity index (χ2n) is 10.5. The molecule has 0 aliphatic carbocycles. The van der Waals surface area contributed by atoms with Gasteiger partial charge < -0.3 is 73.7 Å². The van der Waals surface area contributed by atoms with Crippen molar-refractivity contribution in [2.45, 2.75) is 117 Å². The van der Waals surface area contributed by atoms with Crippen LogP contribution in [0.15, 0.2) is 0 Å². The van der Waals surface area contributed by atoms with Crippen molar-refractivity contribution < 1.29 is 78.3 Å². The summed E-state index contributed by atoms with van der Waals surface area (Å²) < 4.78 is 40.3. The van der Waals surface area contributed by atoms with E-state index in [2.05, 4.69) is 0 Å². The highest BCUT2D eigenvalue weighted by Gasteiger charge is 2.09. The van der Waals surface area contributed by atoms with Crippen molar-refractivity contribution >= 4 is 7.82 Å². The minimum Gasteiger partial charge on any atom is -0.394 e. The zero-order valence-corrected chi connectivity index (χ0v) is 28.8. The van der Waals surface area contributed by atoms with Crippen LogP contribution in [0.5, 0.6) is 0 Å². The summed E-state index contributed by atoms with van der Waals surface area (Å²) in [5.41, 5.74) is 0. The maximum absolute atomic E-state index is 8.92. The summed E-state index contributed by atoms with van der Waals surface area (Å²) >= 11 is 0. The van der Waals surface area contributed by atoms with Gasteiger partial charge in [0.2, 0.25) is 0 Å². The second-order valence-corrected chi connectivity index (χ2v) is 11.5. The first-order chi connectivity index (χ1) is 20.2. The van der Waals surface area contributed by atoms with Gasteiger partial charge in [0, 0.05) is 0 Å². The highest BCUT2D eigenvalue weighted by Crippen LogP contribution is 2.25.